The molecule has 116 valence electrons. The van der Waals surface area contributed by atoms with Crippen LogP contribution in [-0.2, 0) is 11.3 Å². The molecule has 1 aromatic heterocycles. The van der Waals surface area contributed by atoms with Crippen LogP contribution in [0.15, 0.2) is 24.5 Å². The smallest absolute Gasteiger partial charge is 0.239 e. The number of carbonyl (C=O) groups excluding carboxylic acids is 1. The van der Waals surface area contributed by atoms with E-state index in [4.69, 9.17) is 5.73 Å². The highest BCUT2D eigenvalue weighted by atomic mass is 16.2. The largest absolute Gasteiger partial charge is 0.339 e. The van der Waals surface area contributed by atoms with Crippen LogP contribution in [0, 0.1) is 5.92 Å². The van der Waals surface area contributed by atoms with Crippen LogP contribution in [0.1, 0.15) is 25.8 Å². The maximum Gasteiger partial charge on any atom is 0.239 e. The number of hydrogen-bond acceptors (Lipinski definition) is 4. The van der Waals surface area contributed by atoms with Gasteiger partial charge in [-0.3, -0.25) is 14.7 Å². The maximum absolute atomic E-state index is 12.3. The Morgan fingerprint density at radius 3 is 2.62 bits per heavy atom. The van der Waals surface area contributed by atoms with Gasteiger partial charge in [0.25, 0.3) is 0 Å². The number of nitrogens with two attached hydrogens (primary N) is 1. The summed E-state index contributed by atoms with van der Waals surface area (Å²) in [5, 5.41) is 0. The first kappa shape index (κ1) is 15.9. The van der Waals surface area contributed by atoms with Crippen LogP contribution >= 0.6 is 0 Å². The van der Waals surface area contributed by atoms with E-state index in [2.05, 4.69) is 29.8 Å². The minimum atomic E-state index is -0.352. The quantitative estimate of drug-likeness (QED) is 0.882. The predicted octanol–water partition coefficient (Wildman–Crippen LogP) is 1.10. The zero-order chi connectivity index (χ0) is 15.2. The van der Waals surface area contributed by atoms with Crippen molar-refractivity contribution in [3.8, 4) is 0 Å². The molecular formula is C16H26N4O. The summed E-state index contributed by atoms with van der Waals surface area (Å²) in [6, 6.07) is 3.69. The molecule has 0 aliphatic carbocycles. The molecule has 5 heteroatoms. The van der Waals surface area contributed by atoms with Gasteiger partial charge >= 0.3 is 0 Å². The summed E-state index contributed by atoms with van der Waals surface area (Å²) in [6.45, 7) is 8.42. The van der Waals surface area contributed by atoms with Crippen molar-refractivity contribution in [3.05, 3.63) is 30.1 Å². The SMILES string of the molecule is CC(C)C[C@H](N)C(=O)N1CCN(Cc2cccnc2)CC1. The molecule has 1 saturated heterocycles. The molecule has 1 aliphatic heterocycles. The van der Waals surface area contributed by atoms with E-state index >= 15 is 0 Å². The van der Waals surface area contributed by atoms with E-state index in [1.165, 1.54) is 5.56 Å². The predicted molar refractivity (Wildman–Crippen MR) is 83.5 cm³/mol. The second-order valence-electron chi connectivity index (χ2n) is 6.20. The maximum atomic E-state index is 12.3. The van der Waals surface area contributed by atoms with E-state index < -0.39 is 0 Å². The van der Waals surface area contributed by atoms with Gasteiger partial charge in [0, 0.05) is 45.1 Å². The summed E-state index contributed by atoms with van der Waals surface area (Å²) < 4.78 is 0. The minimum absolute atomic E-state index is 0.102. The molecule has 2 heterocycles. The molecule has 0 bridgehead atoms. The van der Waals surface area contributed by atoms with Crippen molar-refractivity contribution in [1.82, 2.24) is 14.8 Å². The van der Waals surface area contributed by atoms with Crippen molar-refractivity contribution in [2.75, 3.05) is 26.2 Å². The normalized spacial score (nSPS) is 18.0. The molecule has 1 amide bonds. The third-order valence-electron chi connectivity index (χ3n) is 3.86. The zero-order valence-corrected chi connectivity index (χ0v) is 13.0. The lowest BCUT2D eigenvalue weighted by atomic mass is 10.0. The monoisotopic (exact) mass is 290 g/mol. The Kier molecular flexibility index (Phi) is 5.70. The number of nitrogens with zero attached hydrogens (tertiary/aromatic N) is 3. The molecule has 1 fully saturated rings. The van der Waals surface area contributed by atoms with Crippen molar-refractivity contribution < 1.29 is 4.79 Å². The van der Waals surface area contributed by atoms with Crippen molar-refractivity contribution in [3.63, 3.8) is 0 Å². The van der Waals surface area contributed by atoms with E-state index in [9.17, 15) is 4.79 Å². The first-order valence-corrected chi connectivity index (χ1v) is 7.72. The van der Waals surface area contributed by atoms with Crippen LogP contribution in [0.3, 0.4) is 0 Å². The Bertz CT molecular complexity index is 441. The first-order valence-electron chi connectivity index (χ1n) is 7.72. The summed E-state index contributed by atoms with van der Waals surface area (Å²) in [5.41, 5.74) is 7.21. The second kappa shape index (κ2) is 7.52. The van der Waals surface area contributed by atoms with Crippen molar-refractivity contribution in [2.24, 2.45) is 11.7 Å². The van der Waals surface area contributed by atoms with Gasteiger partial charge in [0.05, 0.1) is 6.04 Å². The fraction of sp³-hybridized carbons (Fsp3) is 0.625. The van der Waals surface area contributed by atoms with Crippen LogP contribution < -0.4 is 5.73 Å². The molecule has 0 aromatic carbocycles. The molecule has 0 saturated carbocycles. The number of carbonyl (C=O) groups is 1. The van der Waals surface area contributed by atoms with Gasteiger partial charge in [-0.05, 0) is 24.0 Å². The summed E-state index contributed by atoms with van der Waals surface area (Å²) in [6.07, 6.45) is 4.45. The molecule has 5 nitrogen and oxygen atoms in total. The third-order valence-corrected chi connectivity index (χ3v) is 3.86. The van der Waals surface area contributed by atoms with E-state index in [1.54, 1.807) is 6.20 Å². The van der Waals surface area contributed by atoms with E-state index in [0.717, 1.165) is 39.1 Å². The first-order chi connectivity index (χ1) is 10.1. The van der Waals surface area contributed by atoms with Crippen LogP contribution in [0.4, 0.5) is 0 Å². The Morgan fingerprint density at radius 2 is 2.05 bits per heavy atom. The Hall–Kier alpha value is -1.46. The highest BCUT2D eigenvalue weighted by Crippen LogP contribution is 2.11. The van der Waals surface area contributed by atoms with Gasteiger partial charge in [-0.15, -0.1) is 0 Å². The fourth-order valence-electron chi connectivity index (χ4n) is 2.72. The molecule has 0 radical (unpaired) electrons. The zero-order valence-electron chi connectivity index (χ0n) is 13.0. The van der Waals surface area contributed by atoms with Crippen molar-refractivity contribution in [1.29, 1.82) is 0 Å². The van der Waals surface area contributed by atoms with Gasteiger partial charge < -0.3 is 10.6 Å². The summed E-state index contributed by atoms with van der Waals surface area (Å²) in [7, 11) is 0. The molecule has 1 aliphatic rings. The van der Waals surface area contributed by atoms with Crippen molar-refractivity contribution in [2.45, 2.75) is 32.9 Å². The van der Waals surface area contributed by atoms with E-state index in [1.807, 2.05) is 17.2 Å². The van der Waals surface area contributed by atoms with Gasteiger partial charge in [-0.2, -0.15) is 0 Å². The number of hydrogen-bond donors (Lipinski definition) is 1. The van der Waals surface area contributed by atoms with Gasteiger partial charge in [-0.1, -0.05) is 19.9 Å². The van der Waals surface area contributed by atoms with Crippen molar-refractivity contribution >= 4 is 5.91 Å². The highest BCUT2D eigenvalue weighted by Gasteiger charge is 2.25. The third kappa shape index (κ3) is 4.79. The second-order valence-corrected chi connectivity index (χ2v) is 6.20. The van der Waals surface area contributed by atoms with Crippen LogP contribution in [0.5, 0.6) is 0 Å². The lowest BCUT2D eigenvalue weighted by Crippen LogP contribution is -2.53. The Labute approximate surface area is 127 Å². The number of rotatable bonds is 5. The number of piperazine rings is 1. The molecule has 0 unspecified atom stereocenters. The molecule has 2 rings (SSSR count). The highest BCUT2D eigenvalue weighted by molar-refractivity contribution is 5.81. The molecule has 1 aromatic rings. The average molecular weight is 290 g/mol. The summed E-state index contributed by atoms with van der Waals surface area (Å²) in [4.78, 5) is 20.7. The van der Waals surface area contributed by atoms with Crippen LogP contribution in [-0.4, -0.2) is 52.9 Å². The van der Waals surface area contributed by atoms with Crippen LogP contribution in [0.25, 0.3) is 0 Å². The number of aromatic nitrogens is 1. The topological polar surface area (TPSA) is 62.5 Å². The summed E-state index contributed by atoms with van der Waals surface area (Å²) in [5.74, 6) is 0.556. The lowest BCUT2D eigenvalue weighted by Gasteiger charge is -2.36. The van der Waals surface area contributed by atoms with Gasteiger partial charge in [0.15, 0.2) is 0 Å². The molecule has 1 atom stereocenters. The molecule has 21 heavy (non-hydrogen) atoms. The van der Waals surface area contributed by atoms with E-state index in [0.29, 0.717) is 5.92 Å². The molecule has 2 N–H and O–H groups in total. The molecular weight excluding hydrogens is 264 g/mol. The fourth-order valence-corrected chi connectivity index (χ4v) is 2.72. The minimum Gasteiger partial charge on any atom is -0.339 e. The Morgan fingerprint density at radius 1 is 1.33 bits per heavy atom. The standard InChI is InChI=1S/C16H26N4O/c1-13(2)10-15(17)16(21)20-8-6-19(7-9-20)12-14-4-3-5-18-11-14/h3-5,11,13,15H,6-10,12,17H2,1-2H3/t15-/m0/s1. The van der Waals surface area contributed by atoms with Gasteiger partial charge in [-0.25, -0.2) is 0 Å². The average Bonchev–Trinajstić information content (AvgIpc) is 2.47. The van der Waals surface area contributed by atoms with Gasteiger partial charge in [0.2, 0.25) is 5.91 Å². The Balaban J connectivity index is 1.79. The lowest BCUT2D eigenvalue weighted by molar-refractivity contribution is -0.134. The van der Waals surface area contributed by atoms with Gasteiger partial charge in [0.1, 0.15) is 0 Å². The van der Waals surface area contributed by atoms with Crippen LogP contribution in [0.2, 0.25) is 0 Å². The number of pyridine rings is 1. The number of amides is 1. The summed E-state index contributed by atoms with van der Waals surface area (Å²) >= 11 is 0. The molecule has 0 spiro atoms. The van der Waals surface area contributed by atoms with E-state index in [-0.39, 0.29) is 11.9 Å².